The molecule has 0 fully saturated rings. The third kappa shape index (κ3) is 4.51. The summed E-state index contributed by atoms with van der Waals surface area (Å²) in [5.41, 5.74) is 5.61. The first-order valence-electron chi connectivity index (χ1n) is 9.61. The Hall–Kier alpha value is -4.26. The number of benzene rings is 3. The van der Waals surface area contributed by atoms with Gasteiger partial charge in [0.1, 0.15) is 5.52 Å². The van der Waals surface area contributed by atoms with Crippen LogP contribution in [0.4, 0.5) is 11.4 Å². The molecule has 0 saturated carbocycles. The molecule has 1 heterocycles. The second kappa shape index (κ2) is 8.23. The van der Waals surface area contributed by atoms with Gasteiger partial charge in [0, 0.05) is 29.5 Å². The number of nitrogens with zero attached hydrogens (tertiary/aromatic N) is 2. The molecule has 1 aromatic heterocycles. The first-order chi connectivity index (χ1) is 14.9. The molecule has 0 spiro atoms. The van der Waals surface area contributed by atoms with Gasteiger partial charge in [-0.05, 0) is 66.9 Å². The van der Waals surface area contributed by atoms with Gasteiger partial charge in [-0.2, -0.15) is 0 Å². The number of carbonyl (C=O) groups is 1. The van der Waals surface area contributed by atoms with Gasteiger partial charge in [0.15, 0.2) is 5.58 Å². The summed E-state index contributed by atoms with van der Waals surface area (Å²) >= 11 is 0. The number of nitro groups is 1. The van der Waals surface area contributed by atoms with E-state index < -0.39 is 4.92 Å². The van der Waals surface area contributed by atoms with Crippen LogP contribution in [0.3, 0.4) is 0 Å². The Morgan fingerprint density at radius 1 is 1.06 bits per heavy atom. The van der Waals surface area contributed by atoms with Gasteiger partial charge in [-0.3, -0.25) is 14.9 Å². The Kier molecular flexibility index (Phi) is 5.32. The standard InChI is InChI=1S/C24H19N3O4/c1-15-6-8-18(12-16(15)2)24-26-21-14-19(9-10-22(21)31-24)25-23(28)11-7-17-4-3-5-20(13-17)27(29)30/h3-14H,1-2H3,(H,25,28). The number of rotatable bonds is 5. The fourth-order valence-electron chi connectivity index (χ4n) is 3.10. The molecule has 31 heavy (non-hydrogen) atoms. The third-order valence-electron chi connectivity index (χ3n) is 4.92. The highest BCUT2D eigenvalue weighted by Crippen LogP contribution is 2.27. The molecule has 1 N–H and O–H groups in total. The Morgan fingerprint density at radius 2 is 1.90 bits per heavy atom. The molecule has 1 amide bonds. The van der Waals surface area contributed by atoms with Crippen molar-refractivity contribution in [1.29, 1.82) is 0 Å². The maximum atomic E-state index is 12.3. The summed E-state index contributed by atoms with van der Waals surface area (Å²) in [7, 11) is 0. The molecule has 154 valence electrons. The van der Waals surface area contributed by atoms with E-state index in [4.69, 9.17) is 4.42 Å². The average molecular weight is 413 g/mol. The van der Waals surface area contributed by atoms with Crippen LogP contribution in [0.15, 0.2) is 71.2 Å². The number of aromatic nitrogens is 1. The molecule has 0 atom stereocenters. The number of oxazole rings is 1. The van der Waals surface area contributed by atoms with E-state index >= 15 is 0 Å². The quantitative estimate of drug-likeness (QED) is 0.258. The van der Waals surface area contributed by atoms with Crippen LogP contribution in [0.5, 0.6) is 0 Å². The summed E-state index contributed by atoms with van der Waals surface area (Å²) in [6, 6.07) is 17.3. The lowest BCUT2D eigenvalue weighted by atomic mass is 10.1. The van der Waals surface area contributed by atoms with Crippen LogP contribution in [0, 0.1) is 24.0 Å². The van der Waals surface area contributed by atoms with Crippen molar-refractivity contribution < 1.29 is 14.1 Å². The Morgan fingerprint density at radius 3 is 2.68 bits per heavy atom. The first-order valence-corrected chi connectivity index (χ1v) is 9.61. The SMILES string of the molecule is Cc1ccc(-c2nc3cc(NC(=O)C=Cc4cccc([N+](=O)[O-])c4)ccc3o2)cc1C. The second-order valence-corrected chi connectivity index (χ2v) is 7.18. The van der Waals surface area contributed by atoms with Crippen molar-refractivity contribution in [2.24, 2.45) is 0 Å². The molecule has 0 aliphatic heterocycles. The van der Waals surface area contributed by atoms with Crippen molar-refractivity contribution >= 4 is 34.5 Å². The molecular weight excluding hydrogens is 394 g/mol. The molecule has 0 aliphatic rings. The average Bonchev–Trinajstić information content (AvgIpc) is 3.18. The van der Waals surface area contributed by atoms with E-state index in [0.717, 1.165) is 11.1 Å². The fraction of sp³-hybridized carbons (Fsp3) is 0.0833. The van der Waals surface area contributed by atoms with E-state index in [9.17, 15) is 14.9 Å². The zero-order valence-electron chi connectivity index (χ0n) is 17.0. The number of anilines is 1. The normalized spacial score (nSPS) is 11.2. The minimum absolute atomic E-state index is 0.0291. The van der Waals surface area contributed by atoms with Gasteiger partial charge < -0.3 is 9.73 Å². The van der Waals surface area contributed by atoms with Crippen LogP contribution in [-0.2, 0) is 4.79 Å². The molecular formula is C24H19N3O4. The lowest BCUT2D eigenvalue weighted by molar-refractivity contribution is -0.384. The Balaban J connectivity index is 1.51. The molecule has 4 rings (SSSR count). The van der Waals surface area contributed by atoms with Crippen molar-refractivity contribution in [2.75, 3.05) is 5.32 Å². The highest BCUT2D eigenvalue weighted by Gasteiger charge is 2.10. The predicted molar refractivity (Wildman–Crippen MR) is 120 cm³/mol. The summed E-state index contributed by atoms with van der Waals surface area (Å²) in [6.45, 7) is 4.09. The highest BCUT2D eigenvalue weighted by atomic mass is 16.6. The largest absolute Gasteiger partial charge is 0.436 e. The maximum Gasteiger partial charge on any atom is 0.270 e. The van der Waals surface area contributed by atoms with Crippen molar-refractivity contribution in [3.05, 3.63) is 93.5 Å². The molecule has 0 bridgehead atoms. The summed E-state index contributed by atoms with van der Waals surface area (Å²) in [5, 5.41) is 13.6. The van der Waals surface area contributed by atoms with Crippen LogP contribution in [0.25, 0.3) is 28.6 Å². The minimum Gasteiger partial charge on any atom is -0.436 e. The molecule has 3 aromatic carbocycles. The molecule has 0 radical (unpaired) electrons. The van der Waals surface area contributed by atoms with Crippen molar-refractivity contribution in [3.8, 4) is 11.5 Å². The number of carbonyl (C=O) groups excluding carboxylic acids is 1. The third-order valence-corrected chi connectivity index (χ3v) is 4.92. The van der Waals surface area contributed by atoms with Crippen molar-refractivity contribution in [3.63, 3.8) is 0 Å². The zero-order chi connectivity index (χ0) is 22.0. The van der Waals surface area contributed by atoms with Crippen LogP contribution in [0.2, 0.25) is 0 Å². The smallest absolute Gasteiger partial charge is 0.270 e. The van der Waals surface area contributed by atoms with E-state index in [1.807, 2.05) is 32.0 Å². The van der Waals surface area contributed by atoms with Crippen molar-refractivity contribution in [2.45, 2.75) is 13.8 Å². The van der Waals surface area contributed by atoms with E-state index in [2.05, 4.69) is 10.3 Å². The van der Waals surface area contributed by atoms with E-state index in [1.165, 1.54) is 29.8 Å². The second-order valence-electron chi connectivity index (χ2n) is 7.18. The number of nitrogens with one attached hydrogen (secondary N) is 1. The number of fused-ring (bicyclic) bond motifs is 1. The van der Waals surface area contributed by atoms with Gasteiger partial charge in [-0.15, -0.1) is 0 Å². The number of nitro benzene ring substituents is 1. The number of hydrogen-bond acceptors (Lipinski definition) is 5. The van der Waals surface area contributed by atoms with Crippen LogP contribution in [-0.4, -0.2) is 15.8 Å². The topological polar surface area (TPSA) is 98.3 Å². The lowest BCUT2D eigenvalue weighted by Crippen LogP contribution is -2.07. The van der Waals surface area contributed by atoms with E-state index in [0.29, 0.717) is 28.2 Å². The number of amides is 1. The van der Waals surface area contributed by atoms with Gasteiger partial charge in [-0.1, -0.05) is 18.2 Å². The van der Waals surface area contributed by atoms with Gasteiger partial charge >= 0.3 is 0 Å². The van der Waals surface area contributed by atoms with Gasteiger partial charge in [-0.25, -0.2) is 4.98 Å². The van der Waals surface area contributed by atoms with Gasteiger partial charge in [0.05, 0.1) is 4.92 Å². The number of aryl methyl sites for hydroxylation is 2. The Labute approximate surface area is 178 Å². The summed E-state index contributed by atoms with van der Waals surface area (Å²) < 4.78 is 5.85. The summed E-state index contributed by atoms with van der Waals surface area (Å²) in [5.74, 6) is 0.163. The zero-order valence-corrected chi connectivity index (χ0v) is 17.0. The van der Waals surface area contributed by atoms with Crippen LogP contribution >= 0.6 is 0 Å². The fourth-order valence-corrected chi connectivity index (χ4v) is 3.10. The predicted octanol–water partition coefficient (Wildman–Crippen LogP) is 5.67. The molecule has 0 aliphatic carbocycles. The minimum atomic E-state index is -0.475. The molecule has 4 aromatic rings. The number of hydrogen-bond donors (Lipinski definition) is 1. The van der Waals surface area contributed by atoms with E-state index in [1.54, 1.807) is 30.3 Å². The number of non-ortho nitro benzene ring substituents is 1. The molecule has 7 nitrogen and oxygen atoms in total. The molecule has 7 heteroatoms. The highest BCUT2D eigenvalue weighted by molar-refractivity contribution is 6.02. The summed E-state index contributed by atoms with van der Waals surface area (Å²) in [6.07, 6.45) is 2.85. The van der Waals surface area contributed by atoms with Gasteiger partial charge in [0.25, 0.3) is 5.69 Å². The summed E-state index contributed by atoms with van der Waals surface area (Å²) in [4.78, 5) is 27.2. The lowest BCUT2D eigenvalue weighted by Gasteiger charge is -2.01. The molecule has 0 unspecified atom stereocenters. The first kappa shape index (κ1) is 20.0. The van der Waals surface area contributed by atoms with Crippen molar-refractivity contribution in [1.82, 2.24) is 4.98 Å². The van der Waals surface area contributed by atoms with Crippen LogP contribution in [0.1, 0.15) is 16.7 Å². The van der Waals surface area contributed by atoms with E-state index in [-0.39, 0.29) is 11.6 Å². The molecule has 0 saturated heterocycles. The van der Waals surface area contributed by atoms with Crippen LogP contribution < -0.4 is 5.32 Å². The Bertz CT molecular complexity index is 1340. The monoisotopic (exact) mass is 413 g/mol. The maximum absolute atomic E-state index is 12.3. The van der Waals surface area contributed by atoms with Gasteiger partial charge in [0.2, 0.25) is 11.8 Å².